The molecule has 0 bridgehead atoms. The fourth-order valence-electron chi connectivity index (χ4n) is 2.30. The molecule has 0 radical (unpaired) electrons. The van der Waals surface area contributed by atoms with Crippen molar-refractivity contribution in [3.63, 3.8) is 0 Å². The molecule has 1 saturated heterocycles. The van der Waals surface area contributed by atoms with E-state index in [2.05, 4.69) is 4.90 Å². The molecule has 1 aliphatic rings. The molecule has 1 aliphatic heterocycles. The third kappa shape index (κ3) is 3.58. The molecule has 0 amide bonds. The Hall–Kier alpha value is -1.33. The van der Waals surface area contributed by atoms with Gasteiger partial charge in [-0.2, -0.15) is 0 Å². The van der Waals surface area contributed by atoms with Crippen molar-refractivity contribution in [2.75, 3.05) is 26.8 Å². The molecule has 0 aliphatic carbocycles. The molecule has 1 atom stereocenters. The van der Waals surface area contributed by atoms with E-state index in [0.717, 1.165) is 26.2 Å². The Labute approximate surface area is 106 Å². The molecule has 1 fully saturated rings. The van der Waals surface area contributed by atoms with Crippen LogP contribution in [0.2, 0.25) is 0 Å². The Bertz CT molecular complexity index is 395. The zero-order chi connectivity index (χ0) is 13.0. The van der Waals surface area contributed by atoms with Gasteiger partial charge in [-0.25, -0.2) is 4.79 Å². The smallest absolute Gasteiger partial charge is 0.338 e. The Balaban J connectivity index is 1.82. The topological polar surface area (TPSA) is 62.9 Å². The van der Waals surface area contributed by atoms with Crippen LogP contribution in [0, 0.1) is 5.92 Å². The third-order valence-electron chi connectivity index (χ3n) is 3.15. The lowest BCUT2D eigenvalue weighted by molar-refractivity contribution is 0.0404. The van der Waals surface area contributed by atoms with Gasteiger partial charge in [0.05, 0.1) is 18.7 Å². The summed E-state index contributed by atoms with van der Waals surface area (Å²) in [4.78, 5) is 12.9. The highest BCUT2D eigenvalue weighted by atomic mass is 16.5. The number of carbonyl (C=O) groups is 1. The molecule has 0 spiro atoms. The molecule has 1 N–H and O–H groups in total. The molecular formula is C13H19NO4. The van der Waals surface area contributed by atoms with Gasteiger partial charge >= 0.3 is 5.97 Å². The number of furan rings is 1. The van der Waals surface area contributed by atoms with Crippen LogP contribution >= 0.6 is 0 Å². The summed E-state index contributed by atoms with van der Waals surface area (Å²) >= 11 is 0. The molecule has 1 aromatic rings. The lowest BCUT2D eigenvalue weighted by Crippen LogP contribution is -2.30. The van der Waals surface area contributed by atoms with Crippen LogP contribution < -0.4 is 0 Å². The summed E-state index contributed by atoms with van der Waals surface area (Å²) in [6, 6.07) is 1.58. The van der Waals surface area contributed by atoms with Gasteiger partial charge in [-0.1, -0.05) is 0 Å². The van der Waals surface area contributed by atoms with Crippen LogP contribution in [-0.4, -0.2) is 42.8 Å². The van der Waals surface area contributed by atoms with Crippen LogP contribution in [0.25, 0.3) is 0 Å². The third-order valence-corrected chi connectivity index (χ3v) is 3.15. The SMILES string of the molecule is CN(Cc1cc(C(=O)O)co1)CC1CCCOC1. The lowest BCUT2D eigenvalue weighted by atomic mass is 10.0. The van der Waals surface area contributed by atoms with Crippen molar-refractivity contribution in [3.05, 3.63) is 23.7 Å². The van der Waals surface area contributed by atoms with Gasteiger partial charge in [0, 0.05) is 13.2 Å². The Morgan fingerprint density at radius 1 is 1.61 bits per heavy atom. The molecule has 0 aromatic carbocycles. The van der Waals surface area contributed by atoms with Crippen LogP contribution in [0.1, 0.15) is 29.0 Å². The average molecular weight is 253 g/mol. The maximum atomic E-state index is 10.7. The largest absolute Gasteiger partial charge is 0.478 e. The Morgan fingerprint density at radius 3 is 3.06 bits per heavy atom. The minimum atomic E-state index is -0.951. The first-order valence-corrected chi connectivity index (χ1v) is 6.22. The van der Waals surface area contributed by atoms with E-state index in [1.165, 1.54) is 12.7 Å². The zero-order valence-electron chi connectivity index (χ0n) is 10.6. The van der Waals surface area contributed by atoms with Gasteiger partial charge < -0.3 is 14.3 Å². The molecular weight excluding hydrogens is 234 g/mol. The van der Waals surface area contributed by atoms with Gasteiger partial charge in [-0.05, 0) is 31.9 Å². The second-order valence-electron chi connectivity index (χ2n) is 4.89. The predicted octanol–water partition coefficient (Wildman–Crippen LogP) is 1.84. The lowest BCUT2D eigenvalue weighted by Gasteiger charge is -2.26. The molecule has 18 heavy (non-hydrogen) atoms. The van der Waals surface area contributed by atoms with Crippen LogP contribution in [0.5, 0.6) is 0 Å². The molecule has 5 heteroatoms. The monoisotopic (exact) mass is 253 g/mol. The fourth-order valence-corrected chi connectivity index (χ4v) is 2.30. The van der Waals surface area contributed by atoms with Crippen molar-refractivity contribution < 1.29 is 19.1 Å². The Kier molecular flexibility index (Phi) is 4.38. The summed E-state index contributed by atoms with van der Waals surface area (Å²) in [5.74, 6) is 0.303. The van der Waals surface area contributed by atoms with E-state index in [1.54, 1.807) is 6.07 Å². The van der Waals surface area contributed by atoms with E-state index in [-0.39, 0.29) is 5.56 Å². The summed E-state index contributed by atoms with van der Waals surface area (Å²) in [7, 11) is 2.01. The number of rotatable bonds is 5. The van der Waals surface area contributed by atoms with Crippen molar-refractivity contribution in [2.24, 2.45) is 5.92 Å². The maximum absolute atomic E-state index is 10.7. The quantitative estimate of drug-likeness (QED) is 0.867. The van der Waals surface area contributed by atoms with Crippen molar-refractivity contribution in [3.8, 4) is 0 Å². The van der Waals surface area contributed by atoms with E-state index < -0.39 is 5.97 Å². The second-order valence-corrected chi connectivity index (χ2v) is 4.89. The minimum absolute atomic E-state index is 0.208. The first-order chi connectivity index (χ1) is 8.65. The van der Waals surface area contributed by atoms with E-state index in [4.69, 9.17) is 14.3 Å². The highest BCUT2D eigenvalue weighted by Crippen LogP contribution is 2.16. The van der Waals surface area contributed by atoms with Gasteiger partial charge in [-0.15, -0.1) is 0 Å². The molecule has 2 rings (SSSR count). The number of aromatic carboxylic acids is 1. The average Bonchev–Trinajstić information content (AvgIpc) is 2.78. The predicted molar refractivity (Wildman–Crippen MR) is 65.5 cm³/mol. The molecule has 0 saturated carbocycles. The van der Waals surface area contributed by atoms with Crippen LogP contribution in [0.15, 0.2) is 16.7 Å². The van der Waals surface area contributed by atoms with E-state index in [0.29, 0.717) is 18.2 Å². The summed E-state index contributed by atoms with van der Waals surface area (Å²) in [5, 5.41) is 8.80. The fraction of sp³-hybridized carbons (Fsp3) is 0.615. The van der Waals surface area contributed by atoms with E-state index in [9.17, 15) is 4.79 Å². The van der Waals surface area contributed by atoms with Crippen LogP contribution in [-0.2, 0) is 11.3 Å². The molecule has 5 nitrogen and oxygen atoms in total. The summed E-state index contributed by atoms with van der Waals surface area (Å²) in [5.41, 5.74) is 0.208. The van der Waals surface area contributed by atoms with Gasteiger partial charge in [0.25, 0.3) is 0 Å². The molecule has 100 valence electrons. The second kappa shape index (κ2) is 6.02. The van der Waals surface area contributed by atoms with Gasteiger partial charge in [0.1, 0.15) is 12.0 Å². The maximum Gasteiger partial charge on any atom is 0.338 e. The van der Waals surface area contributed by atoms with Gasteiger partial charge in [-0.3, -0.25) is 4.90 Å². The van der Waals surface area contributed by atoms with Crippen molar-refractivity contribution in [1.82, 2.24) is 4.90 Å². The standard InChI is InChI=1S/C13H19NO4/c1-14(6-10-3-2-4-17-8-10)7-12-5-11(9-18-12)13(15)16/h5,9-10H,2-4,6-8H2,1H3,(H,15,16). The molecule has 2 heterocycles. The first kappa shape index (κ1) is 13.1. The van der Waals surface area contributed by atoms with Gasteiger partial charge in [0.2, 0.25) is 0 Å². The number of ether oxygens (including phenoxy) is 1. The van der Waals surface area contributed by atoms with E-state index >= 15 is 0 Å². The first-order valence-electron chi connectivity index (χ1n) is 6.22. The number of hydrogen-bond acceptors (Lipinski definition) is 4. The highest BCUT2D eigenvalue weighted by molar-refractivity contribution is 5.87. The number of carboxylic acids is 1. The van der Waals surface area contributed by atoms with Gasteiger partial charge in [0.15, 0.2) is 0 Å². The van der Waals surface area contributed by atoms with E-state index in [1.807, 2.05) is 7.05 Å². The number of nitrogens with zero attached hydrogens (tertiary/aromatic N) is 1. The van der Waals surface area contributed by atoms with Crippen molar-refractivity contribution in [1.29, 1.82) is 0 Å². The Morgan fingerprint density at radius 2 is 2.44 bits per heavy atom. The summed E-state index contributed by atoms with van der Waals surface area (Å²) in [6.07, 6.45) is 3.61. The highest BCUT2D eigenvalue weighted by Gasteiger charge is 2.17. The van der Waals surface area contributed by atoms with Crippen LogP contribution in [0.3, 0.4) is 0 Å². The summed E-state index contributed by atoms with van der Waals surface area (Å²) in [6.45, 7) is 3.27. The zero-order valence-corrected chi connectivity index (χ0v) is 10.6. The van der Waals surface area contributed by atoms with Crippen molar-refractivity contribution >= 4 is 5.97 Å². The number of hydrogen-bond donors (Lipinski definition) is 1. The van der Waals surface area contributed by atoms with Crippen LogP contribution in [0.4, 0.5) is 0 Å². The molecule has 1 aromatic heterocycles. The minimum Gasteiger partial charge on any atom is -0.478 e. The summed E-state index contributed by atoms with van der Waals surface area (Å²) < 4.78 is 10.7. The normalized spacial score (nSPS) is 20.2. The molecule has 1 unspecified atom stereocenters. The van der Waals surface area contributed by atoms with Crippen molar-refractivity contribution in [2.45, 2.75) is 19.4 Å². The number of carboxylic acid groups (broad SMARTS) is 1.